The van der Waals surface area contributed by atoms with E-state index in [2.05, 4.69) is 39.5 Å². The molecule has 1 aromatic carbocycles. The van der Waals surface area contributed by atoms with Gasteiger partial charge in [0.25, 0.3) is 0 Å². The number of hydrogen-bond donors (Lipinski definition) is 0. The van der Waals surface area contributed by atoms with Crippen LogP contribution in [-0.2, 0) is 11.2 Å². The van der Waals surface area contributed by atoms with Gasteiger partial charge >= 0.3 is 0 Å². The quantitative estimate of drug-likeness (QED) is 0.730. The lowest BCUT2D eigenvalue weighted by Crippen LogP contribution is -2.15. The molecule has 1 unspecified atom stereocenters. The highest BCUT2D eigenvalue weighted by molar-refractivity contribution is 5.84. The van der Waals surface area contributed by atoms with Crippen LogP contribution in [0, 0.1) is 26.7 Å². The third-order valence-electron chi connectivity index (χ3n) is 4.03. The second-order valence-corrected chi connectivity index (χ2v) is 5.71. The van der Waals surface area contributed by atoms with Gasteiger partial charge in [0.05, 0.1) is 0 Å². The minimum Gasteiger partial charge on any atom is -0.299 e. The van der Waals surface area contributed by atoms with Crippen LogP contribution < -0.4 is 0 Å². The zero-order valence-corrected chi connectivity index (χ0v) is 11.7. The van der Waals surface area contributed by atoms with E-state index in [0.717, 1.165) is 19.3 Å². The van der Waals surface area contributed by atoms with E-state index in [4.69, 9.17) is 0 Å². The summed E-state index contributed by atoms with van der Waals surface area (Å²) >= 11 is 0. The summed E-state index contributed by atoms with van der Waals surface area (Å²) in [6.45, 7) is 10.3. The fourth-order valence-electron chi connectivity index (χ4n) is 3.01. The minimum atomic E-state index is 0.220. The molecule has 18 heavy (non-hydrogen) atoms. The Bertz CT molecular complexity index is 473. The van der Waals surface area contributed by atoms with Gasteiger partial charge < -0.3 is 0 Å². The maximum Gasteiger partial charge on any atom is 0.140 e. The van der Waals surface area contributed by atoms with Gasteiger partial charge in [-0.2, -0.15) is 0 Å². The molecule has 1 aliphatic rings. The van der Waals surface area contributed by atoms with E-state index in [0.29, 0.717) is 12.2 Å². The van der Waals surface area contributed by atoms with Crippen molar-refractivity contribution in [1.82, 2.24) is 0 Å². The molecule has 1 saturated carbocycles. The Morgan fingerprint density at radius 2 is 1.89 bits per heavy atom. The monoisotopic (exact) mass is 242 g/mol. The number of Topliss-reactive ketones (excluding diaryl/α,β-unsaturated/α-hetero) is 1. The number of benzene rings is 1. The Morgan fingerprint density at radius 1 is 1.28 bits per heavy atom. The molecular formula is C17H22O. The molecule has 0 amide bonds. The van der Waals surface area contributed by atoms with Crippen molar-refractivity contribution < 1.29 is 4.79 Å². The number of aryl methyl sites for hydroxylation is 3. The number of allylic oxidation sites excluding steroid dienone is 1. The molecule has 0 radical (unpaired) electrons. The van der Waals surface area contributed by atoms with Crippen molar-refractivity contribution in [2.75, 3.05) is 0 Å². The van der Waals surface area contributed by atoms with E-state index in [-0.39, 0.29) is 5.92 Å². The van der Waals surface area contributed by atoms with E-state index >= 15 is 0 Å². The second-order valence-electron chi connectivity index (χ2n) is 5.71. The minimum absolute atomic E-state index is 0.220. The Hall–Kier alpha value is -1.37. The molecule has 1 aliphatic carbocycles. The second kappa shape index (κ2) is 5.09. The molecule has 0 bridgehead atoms. The summed E-state index contributed by atoms with van der Waals surface area (Å²) in [7, 11) is 0. The Kier molecular flexibility index (Phi) is 3.70. The Morgan fingerprint density at radius 3 is 2.39 bits per heavy atom. The molecule has 1 fully saturated rings. The van der Waals surface area contributed by atoms with Gasteiger partial charge in [0.15, 0.2) is 0 Å². The lowest BCUT2D eigenvalue weighted by atomic mass is 9.91. The fraction of sp³-hybridized carbons (Fsp3) is 0.471. The van der Waals surface area contributed by atoms with Crippen LogP contribution in [0.1, 0.15) is 41.5 Å². The van der Waals surface area contributed by atoms with Crippen LogP contribution in [-0.4, -0.2) is 5.78 Å². The predicted molar refractivity (Wildman–Crippen MR) is 75.8 cm³/mol. The maximum atomic E-state index is 12.3. The van der Waals surface area contributed by atoms with Crippen LogP contribution in [0.15, 0.2) is 24.3 Å². The molecule has 0 aromatic heterocycles. The van der Waals surface area contributed by atoms with Crippen molar-refractivity contribution in [3.63, 3.8) is 0 Å². The highest BCUT2D eigenvalue weighted by atomic mass is 16.1. The first kappa shape index (κ1) is 13.1. The molecule has 1 nitrogen and oxygen atoms in total. The van der Waals surface area contributed by atoms with Crippen molar-refractivity contribution in [3.8, 4) is 0 Å². The molecule has 1 aromatic rings. The first-order valence-electron chi connectivity index (χ1n) is 6.73. The summed E-state index contributed by atoms with van der Waals surface area (Å²) < 4.78 is 0. The van der Waals surface area contributed by atoms with E-state index in [1.807, 2.05) is 0 Å². The summed E-state index contributed by atoms with van der Waals surface area (Å²) in [5, 5.41) is 0. The Labute approximate surface area is 110 Å². The summed E-state index contributed by atoms with van der Waals surface area (Å²) in [5.41, 5.74) is 6.24. The lowest BCUT2D eigenvalue weighted by Gasteiger charge is -2.13. The van der Waals surface area contributed by atoms with E-state index in [1.54, 1.807) is 0 Å². The molecule has 96 valence electrons. The van der Waals surface area contributed by atoms with Crippen molar-refractivity contribution in [3.05, 3.63) is 46.5 Å². The normalized spacial score (nSPS) is 19.3. The van der Waals surface area contributed by atoms with Crippen LogP contribution in [0.25, 0.3) is 0 Å². The van der Waals surface area contributed by atoms with Gasteiger partial charge in [0, 0.05) is 12.3 Å². The summed E-state index contributed by atoms with van der Waals surface area (Å²) in [4.78, 5) is 12.3. The van der Waals surface area contributed by atoms with Gasteiger partial charge in [-0.15, -0.1) is 0 Å². The molecule has 0 aliphatic heterocycles. The zero-order chi connectivity index (χ0) is 13.3. The average molecular weight is 242 g/mol. The summed E-state index contributed by atoms with van der Waals surface area (Å²) in [6.07, 6.45) is 3.53. The van der Waals surface area contributed by atoms with Crippen molar-refractivity contribution >= 4 is 5.78 Å². The first-order chi connectivity index (χ1) is 8.47. The van der Waals surface area contributed by atoms with Crippen molar-refractivity contribution in [2.45, 2.75) is 46.5 Å². The van der Waals surface area contributed by atoms with E-state index < -0.39 is 0 Å². The molecule has 0 saturated heterocycles. The lowest BCUT2D eigenvalue weighted by molar-refractivity contribution is -0.121. The standard InChI is InChI=1S/C17H22O/c1-11-5-6-15(9-11)17(18)10-16-13(3)7-12(2)8-14(16)4/h7-8,15H,1,5-6,9-10H2,2-4H3. The molecule has 1 heteroatoms. The Balaban J connectivity index is 2.14. The molecule has 0 spiro atoms. The van der Waals surface area contributed by atoms with Crippen LogP contribution in [0.3, 0.4) is 0 Å². The maximum absolute atomic E-state index is 12.3. The molecule has 2 rings (SSSR count). The van der Waals surface area contributed by atoms with Crippen molar-refractivity contribution in [2.24, 2.45) is 5.92 Å². The highest BCUT2D eigenvalue weighted by Crippen LogP contribution is 2.31. The SMILES string of the molecule is C=C1CCC(C(=O)Cc2c(C)cc(C)cc2C)C1. The van der Waals surface area contributed by atoms with E-state index in [1.165, 1.54) is 27.8 Å². The van der Waals surface area contributed by atoms with Crippen molar-refractivity contribution in [1.29, 1.82) is 0 Å². The number of carbonyl (C=O) groups excluding carboxylic acids is 1. The van der Waals surface area contributed by atoms with Crippen LogP contribution in [0.5, 0.6) is 0 Å². The summed E-state index contributed by atoms with van der Waals surface area (Å²) in [5.74, 6) is 0.612. The third-order valence-corrected chi connectivity index (χ3v) is 4.03. The van der Waals surface area contributed by atoms with Crippen LogP contribution >= 0.6 is 0 Å². The molecule has 1 atom stereocenters. The van der Waals surface area contributed by atoms with Crippen LogP contribution in [0.2, 0.25) is 0 Å². The predicted octanol–water partition coefficient (Wildman–Crippen LogP) is 4.08. The van der Waals surface area contributed by atoms with Gasteiger partial charge in [-0.25, -0.2) is 0 Å². The summed E-state index contributed by atoms with van der Waals surface area (Å²) in [6, 6.07) is 4.34. The number of rotatable bonds is 3. The largest absolute Gasteiger partial charge is 0.299 e. The van der Waals surface area contributed by atoms with Gasteiger partial charge in [0.2, 0.25) is 0 Å². The first-order valence-corrected chi connectivity index (χ1v) is 6.73. The van der Waals surface area contributed by atoms with Crippen LogP contribution in [0.4, 0.5) is 0 Å². The molecule has 0 N–H and O–H groups in total. The van der Waals surface area contributed by atoms with Gasteiger partial charge in [-0.1, -0.05) is 29.8 Å². The topological polar surface area (TPSA) is 17.1 Å². The smallest absolute Gasteiger partial charge is 0.140 e. The van der Waals surface area contributed by atoms with Gasteiger partial charge in [-0.3, -0.25) is 4.79 Å². The number of carbonyl (C=O) groups is 1. The fourth-order valence-corrected chi connectivity index (χ4v) is 3.01. The molecule has 0 heterocycles. The molecular weight excluding hydrogens is 220 g/mol. The van der Waals surface area contributed by atoms with Gasteiger partial charge in [0.1, 0.15) is 5.78 Å². The zero-order valence-electron chi connectivity index (χ0n) is 11.7. The average Bonchev–Trinajstić information content (AvgIpc) is 2.70. The number of ketones is 1. The third kappa shape index (κ3) is 2.72. The van der Waals surface area contributed by atoms with Gasteiger partial charge in [-0.05, 0) is 56.7 Å². The highest BCUT2D eigenvalue weighted by Gasteiger charge is 2.25. The van der Waals surface area contributed by atoms with E-state index in [9.17, 15) is 4.79 Å². The number of hydrogen-bond acceptors (Lipinski definition) is 1.